The van der Waals surface area contributed by atoms with Crippen LogP contribution < -0.4 is 10.2 Å². The van der Waals surface area contributed by atoms with Crippen molar-refractivity contribution in [1.82, 2.24) is 25.3 Å². The van der Waals surface area contributed by atoms with Gasteiger partial charge in [-0.25, -0.2) is 19.9 Å². The van der Waals surface area contributed by atoms with Crippen LogP contribution in [0.3, 0.4) is 0 Å². The van der Waals surface area contributed by atoms with Crippen LogP contribution in [-0.4, -0.2) is 46.1 Å². The van der Waals surface area contributed by atoms with Crippen molar-refractivity contribution in [2.24, 2.45) is 0 Å². The lowest BCUT2D eigenvalue weighted by molar-refractivity contribution is 0.857. The highest BCUT2D eigenvalue weighted by atomic mass is 35.5. The summed E-state index contributed by atoms with van der Waals surface area (Å²) in [6.07, 6.45) is 8.01. The van der Waals surface area contributed by atoms with Crippen LogP contribution >= 0.6 is 34.8 Å². The predicted molar refractivity (Wildman–Crippen MR) is 114 cm³/mol. The second-order valence-corrected chi connectivity index (χ2v) is 7.18. The minimum Gasteiger partial charge on any atom is -0.355 e. The minimum absolute atomic E-state index is 0. The standard InChI is InChI=1S/C9H9ClN4.C5HCl2N3.C4H9N.H2/c10-9-7(5-11)12-6-8(13-9)14-3-1-2-4-14;6-4-2-9-3(1-8)5(7)10-4;1-2-4-5-3-1;/h6H,1-4H2;2H;5H,1-4H2;1H. The van der Waals surface area contributed by atoms with Gasteiger partial charge in [0.25, 0.3) is 0 Å². The number of nitrogens with one attached hydrogen (secondary N) is 1. The van der Waals surface area contributed by atoms with Crippen molar-refractivity contribution in [3.05, 3.63) is 39.2 Å². The fraction of sp³-hybridized carbons (Fsp3) is 0.444. The average Bonchev–Trinajstić information content (AvgIpc) is 3.45. The van der Waals surface area contributed by atoms with Gasteiger partial charge in [0, 0.05) is 14.5 Å². The Labute approximate surface area is 186 Å². The maximum atomic E-state index is 8.62. The van der Waals surface area contributed by atoms with Gasteiger partial charge in [-0.2, -0.15) is 10.5 Å². The van der Waals surface area contributed by atoms with Crippen molar-refractivity contribution >= 4 is 40.6 Å². The lowest BCUT2D eigenvalue weighted by atomic mass is 10.4. The molecule has 0 aromatic carbocycles. The number of nitriles is 2. The van der Waals surface area contributed by atoms with Gasteiger partial charge in [-0.1, -0.05) is 34.8 Å². The van der Waals surface area contributed by atoms with Crippen molar-refractivity contribution in [3.63, 3.8) is 0 Å². The van der Waals surface area contributed by atoms with Crippen molar-refractivity contribution in [2.45, 2.75) is 25.7 Å². The van der Waals surface area contributed by atoms with Gasteiger partial charge in [-0.3, -0.25) is 0 Å². The zero-order valence-corrected chi connectivity index (χ0v) is 17.8. The van der Waals surface area contributed by atoms with Crippen LogP contribution in [-0.2, 0) is 0 Å². The van der Waals surface area contributed by atoms with Crippen LogP contribution in [0.4, 0.5) is 5.82 Å². The number of hydrogen-bond donors (Lipinski definition) is 1. The molecule has 0 unspecified atom stereocenters. The number of aromatic nitrogens is 4. The number of anilines is 1. The van der Waals surface area contributed by atoms with E-state index >= 15 is 0 Å². The first-order valence-electron chi connectivity index (χ1n) is 9.01. The third-order valence-electron chi connectivity index (χ3n) is 4.02. The molecule has 11 heteroatoms. The van der Waals surface area contributed by atoms with E-state index in [2.05, 4.69) is 30.2 Å². The number of halogens is 3. The minimum atomic E-state index is 0. The lowest BCUT2D eigenvalue weighted by Crippen LogP contribution is -2.19. The number of nitrogens with zero attached hydrogens (tertiary/aromatic N) is 7. The first-order valence-corrected chi connectivity index (χ1v) is 10.1. The van der Waals surface area contributed by atoms with Gasteiger partial charge in [0.1, 0.15) is 23.1 Å². The highest BCUT2D eigenvalue weighted by Crippen LogP contribution is 2.20. The van der Waals surface area contributed by atoms with E-state index in [1.54, 1.807) is 12.3 Å². The van der Waals surface area contributed by atoms with E-state index in [-0.39, 0.29) is 28.3 Å². The summed E-state index contributed by atoms with van der Waals surface area (Å²) in [5.41, 5.74) is 0.278. The largest absolute Gasteiger partial charge is 0.355 e. The van der Waals surface area contributed by atoms with E-state index in [0.29, 0.717) is 0 Å². The topological polar surface area (TPSA) is 114 Å². The van der Waals surface area contributed by atoms with Gasteiger partial charge in [-0.05, 0) is 38.8 Å². The molecule has 0 saturated carbocycles. The van der Waals surface area contributed by atoms with Crippen LogP contribution in [0.25, 0.3) is 0 Å². The monoisotopic (exact) mass is 454 g/mol. The summed E-state index contributed by atoms with van der Waals surface area (Å²) in [6, 6.07) is 3.65. The molecule has 0 atom stereocenters. The average molecular weight is 456 g/mol. The summed E-state index contributed by atoms with van der Waals surface area (Å²) in [7, 11) is 0. The molecule has 2 aromatic rings. The maximum absolute atomic E-state index is 8.62. The van der Waals surface area contributed by atoms with E-state index in [1.807, 2.05) is 6.07 Å². The molecule has 0 radical (unpaired) electrons. The molecular formula is C18H21Cl3N8. The first kappa shape index (κ1) is 23.1. The molecule has 1 N–H and O–H groups in total. The molecule has 154 valence electrons. The van der Waals surface area contributed by atoms with E-state index < -0.39 is 0 Å². The van der Waals surface area contributed by atoms with Gasteiger partial charge in [0.2, 0.25) is 0 Å². The Hall–Kier alpha value is -2.23. The van der Waals surface area contributed by atoms with Crippen LogP contribution in [0.1, 0.15) is 38.5 Å². The van der Waals surface area contributed by atoms with E-state index in [9.17, 15) is 0 Å². The number of hydrogen-bond acceptors (Lipinski definition) is 8. The fourth-order valence-corrected chi connectivity index (χ4v) is 3.11. The second kappa shape index (κ2) is 12.4. The Morgan fingerprint density at radius 1 is 0.862 bits per heavy atom. The zero-order valence-electron chi connectivity index (χ0n) is 15.6. The zero-order chi connectivity index (χ0) is 21.1. The molecule has 2 aliphatic rings. The van der Waals surface area contributed by atoms with Crippen molar-refractivity contribution in [3.8, 4) is 12.1 Å². The molecular weight excluding hydrogens is 435 g/mol. The molecule has 0 aliphatic carbocycles. The second-order valence-electron chi connectivity index (χ2n) is 6.07. The molecule has 4 rings (SSSR count). The van der Waals surface area contributed by atoms with Crippen LogP contribution in [0.2, 0.25) is 15.5 Å². The van der Waals surface area contributed by atoms with Gasteiger partial charge in [0.05, 0.1) is 12.4 Å². The summed E-state index contributed by atoms with van der Waals surface area (Å²) < 4.78 is 0. The summed E-state index contributed by atoms with van der Waals surface area (Å²) in [4.78, 5) is 17.4. The van der Waals surface area contributed by atoms with E-state index in [4.69, 9.17) is 45.3 Å². The highest BCUT2D eigenvalue weighted by molar-refractivity contribution is 6.32. The SMILES string of the molecule is C1CCNC1.N#Cc1ncc(Cl)nc1Cl.N#Cc1ncc(N2CCCC2)nc1Cl.[HH]. The molecule has 2 aliphatic heterocycles. The Balaban J connectivity index is 0.000000246. The molecule has 2 saturated heterocycles. The third-order valence-corrected chi connectivity index (χ3v) is 4.73. The maximum Gasteiger partial charge on any atom is 0.178 e. The lowest BCUT2D eigenvalue weighted by Gasteiger charge is -2.15. The van der Waals surface area contributed by atoms with E-state index in [0.717, 1.165) is 18.9 Å². The Morgan fingerprint density at radius 3 is 1.86 bits per heavy atom. The van der Waals surface area contributed by atoms with Crippen LogP contribution in [0.15, 0.2) is 12.4 Å². The summed E-state index contributed by atoms with van der Waals surface area (Å²) in [5.74, 6) is 0.770. The first-order chi connectivity index (χ1) is 14.0. The van der Waals surface area contributed by atoms with E-state index in [1.165, 1.54) is 45.0 Å². The summed E-state index contributed by atoms with van der Waals surface area (Å²) >= 11 is 16.6. The molecule has 8 nitrogen and oxygen atoms in total. The predicted octanol–water partition coefficient (Wildman–Crippen LogP) is 3.87. The van der Waals surface area contributed by atoms with Crippen LogP contribution in [0.5, 0.6) is 0 Å². The van der Waals surface area contributed by atoms with Crippen molar-refractivity contribution < 1.29 is 1.43 Å². The van der Waals surface area contributed by atoms with Crippen LogP contribution in [0, 0.1) is 22.7 Å². The normalized spacial score (nSPS) is 14.7. The smallest absolute Gasteiger partial charge is 0.178 e. The van der Waals surface area contributed by atoms with Gasteiger partial charge < -0.3 is 10.2 Å². The van der Waals surface area contributed by atoms with Gasteiger partial charge >= 0.3 is 0 Å². The molecule has 0 spiro atoms. The molecule has 29 heavy (non-hydrogen) atoms. The summed E-state index contributed by atoms with van der Waals surface area (Å²) in [5, 5.41) is 20.6. The molecule has 2 fully saturated rings. The van der Waals surface area contributed by atoms with Crippen molar-refractivity contribution in [2.75, 3.05) is 31.1 Å². The molecule has 0 amide bonds. The molecule has 0 bridgehead atoms. The highest BCUT2D eigenvalue weighted by Gasteiger charge is 2.15. The molecule has 4 heterocycles. The molecule has 2 aromatic heterocycles. The fourth-order valence-electron chi connectivity index (χ4n) is 2.58. The third kappa shape index (κ3) is 7.60. The Bertz CT molecular complexity index is 882. The van der Waals surface area contributed by atoms with Crippen molar-refractivity contribution in [1.29, 1.82) is 10.5 Å². The Kier molecular flexibility index (Phi) is 9.82. The van der Waals surface area contributed by atoms with Gasteiger partial charge in [0.15, 0.2) is 21.7 Å². The summed E-state index contributed by atoms with van der Waals surface area (Å²) in [6.45, 7) is 4.49. The quantitative estimate of drug-likeness (QED) is 0.689. The van der Waals surface area contributed by atoms with Gasteiger partial charge in [-0.15, -0.1) is 0 Å². The number of rotatable bonds is 1. The Morgan fingerprint density at radius 2 is 1.41 bits per heavy atom.